The van der Waals surface area contributed by atoms with Gasteiger partial charge in [0.05, 0.1) is 28.7 Å². The number of hydrogen-bond donors (Lipinski definition) is 0. The SMILES string of the molecule is COC(=O)c1ccc(OCC(=O)c2ccc(OC)c(Br)c2)c(Br)c1. The van der Waals surface area contributed by atoms with Crippen molar-refractivity contribution in [2.75, 3.05) is 20.8 Å². The largest absolute Gasteiger partial charge is 0.496 e. The molecule has 0 aliphatic carbocycles. The third-order valence-electron chi connectivity index (χ3n) is 3.19. The van der Waals surface area contributed by atoms with Crippen molar-refractivity contribution in [1.29, 1.82) is 0 Å². The van der Waals surface area contributed by atoms with Crippen molar-refractivity contribution in [3.63, 3.8) is 0 Å². The summed E-state index contributed by atoms with van der Waals surface area (Å²) < 4.78 is 16.6. The summed E-state index contributed by atoms with van der Waals surface area (Å²) in [7, 11) is 2.87. The lowest BCUT2D eigenvalue weighted by Crippen LogP contribution is -2.12. The van der Waals surface area contributed by atoms with Crippen LogP contribution in [0.15, 0.2) is 45.3 Å². The molecule has 5 nitrogen and oxygen atoms in total. The lowest BCUT2D eigenvalue weighted by Gasteiger charge is -2.10. The second kappa shape index (κ2) is 8.30. The first-order chi connectivity index (χ1) is 11.5. The van der Waals surface area contributed by atoms with Crippen LogP contribution in [0.3, 0.4) is 0 Å². The first-order valence-corrected chi connectivity index (χ1v) is 8.42. The molecule has 0 saturated heterocycles. The fraction of sp³-hybridized carbons (Fsp3) is 0.176. The molecule has 0 N–H and O–H groups in total. The Bertz CT molecular complexity index is 774. The van der Waals surface area contributed by atoms with Gasteiger partial charge in [-0.15, -0.1) is 0 Å². The van der Waals surface area contributed by atoms with E-state index in [1.807, 2.05) is 0 Å². The van der Waals surface area contributed by atoms with Gasteiger partial charge in [0.15, 0.2) is 12.4 Å². The van der Waals surface area contributed by atoms with Crippen LogP contribution in [-0.4, -0.2) is 32.6 Å². The molecule has 0 fully saturated rings. The van der Waals surface area contributed by atoms with Crippen molar-refractivity contribution in [1.82, 2.24) is 0 Å². The predicted octanol–water partition coefficient (Wildman–Crippen LogP) is 4.27. The molecule has 2 aromatic rings. The summed E-state index contributed by atoms with van der Waals surface area (Å²) in [5, 5.41) is 0. The number of esters is 1. The van der Waals surface area contributed by atoms with E-state index in [9.17, 15) is 9.59 Å². The summed E-state index contributed by atoms with van der Waals surface area (Å²) in [5.41, 5.74) is 0.895. The summed E-state index contributed by atoms with van der Waals surface area (Å²) in [5.74, 6) is 0.487. The lowest BCUT2D eigenvalue weighted by atomic mass is 10.1. The van der Waals surface area contributed by atoms with Crippen molar-refractivity contribution >= 4 is 43.6 Å². The summed E-state index contributed by atoms with van der Waals surface area (Å²) in [4.78, 5) is 23.7. The fourth-order valence-electron chi connectivity index (χ4n) is 1.93. The average molecular weight is 458 g/mol. The van der Waals surface area contributed by atoms with Crippen LogP contribution >= 0.6 is 31.9 Å². The van der Waals surface area contributed by atoms with Crippen molar-refractivity contribution < 1.29 is 23.8 Å². The smallest absolute Gasteiger partial charge is 0.337 e. The van der Waals surface area contributed by atoms with Crippen LogP contribution in [0.2, 0.25) is 0 Å². The van der Waals surface area contributed by atoms with Gasteiger partial charge in [-0.1, -0.05) is 0 Å². The molecular weight excluding hydrogens is 444 g/mol. The van der Waals surface area contributed by atoms with Crippen molar-refractivity contribution in [2.24, 2.45) is 0 Å². The monoisotopic (exact) mass is 456 g/mol. The maximum absolute atomic E-state index is 12.2. The third-order valence-corrected chi connectivity index (χ3v) is 4.42. The number of hydrogen-bond acceptors (Lipinski definition) is 5. The van der Waals surface area contributed by atoms with Gasteiger partial charge in [0.2, 0.25) is 0 Å². The van der Waals surface area contributed by atoms with E-state index in [1.165, 1.54) is 7.11 Å². The maximum atomic E-state index is 12.2. The Morgan fingerprint density at radius 1 is 0.917 bits per heavy atom. The summed E-state index contributed by atoms with van der Waals surface area (Å²) in [6.07, 6.45) is 0. The highest BCUT2D eigenvalue weighted by atomic mass is 79.9. The normalized spacial score (nSPS) is 10.2. The van der Waals surface area contributed by atoms with Gasteiger partial charge in [0.1, 0.15) is 11.5 Å². The van der Waals surface area contributed by atoms with E-state index in [2.05, 4.69) is 36.6 Å². The first kappa shape index (κ1) is 18.5. The quantitative estimate of drug-likeness (QED) is 0.478. The number of ketones is 1. The van der Waals surface area contributed by atoms with Crippen molar-refractivity contribution in [3.05, 3.63) is 56.5 Å². The van der Waals surface area contributed by atoms with Crippen LogP contribution in [0, 0.1) is 0 Å². The topological polar surface area (TPSA) is 61.8 Å². The zero-order chi connectivity index (χ0) is 17.7. The van der Waals surface area contributed by atoms with Gasteiger partial charge in [-0.25, -0.2) is 4.79 Å². The lowest BCUT2D eigenvalue weighted by molar-refractivity contribution is 0.0600. The first-order valence-electron chi connectivity index (χ1n) is 6.83. The molecule has 0 amide bonds. The predicted molar refractivity (Wildman–Crippen MR) is 96.0 cm³/mol. The number of halogens is 2. The molecule has 0 aliphatic heterocycles. The summed E-state index contributed by atoms with van der Waals surface area (Å²) in [6, 6.07) is 9.81. The number of methoxy groups -OCH3 is 2. The van der Waals surface area contributed by atoms with Gasteiger partial charge in [-0.3, -0.25) is 4.79 Å². The van der Waals surface area contributed by atoms with E-state index in [0.29, 0.717) is 31.6 Å². The molecular formula is C17H14Br2O5. The Morgan fingerprint density at radius 3 is 2.08 bits per heavy atom. The minimum Gasteiger partial charge on any atom is -0.496 e. The van der Waals surface area contributed by atoms with E-state index in [4.69, 9.17) is 9.47 Å². The Balaban J connectivity index is 2.06. The molecule has 126 valence electrons. The van der Waals surface area contributed by atoms with E-state index in [1.54, 1.807) is 43.5 Å². The number of carbonyl (C=O) groups excluding carboxylic acids is 2. The van der Waals surface area contributed by atoms with Crippen molar-refractivity contribution in [3.8, 4) is 11.5 Å². The van der Waals surface area contributed by atoms with Gasteiger partial charge in [0, 0.05) is 5.56 Å². The molecule has 0 aromatic heterocycles. The van der Waals surface area contributed by atoms with Gasteiger partial charge >= 0.3 is 5.97 Å². The minimum atomic E-state index is -0.443. The molecule has 7 heteroatoms. The Hall–Kier alpha value is -1.86. The van der Waals surface area contributed by atoms with Crippen LogP contribution in [0.5, 0.6) is 11.5 Å². The molecule has 0 radical (unpaired) electrons. The van der Waals surface area contributed by atoms with E-state index < -0.39 is 5.97 Å². The van der Waals surface area contributed by atoms with Gasteiger partial charge in [0.25, 0.3) is 0 Å². The molecule has 0 spiro atoms. The second-order valence-electron chi connectivity index (χ2n) is 4.70. The zero-order valence-electron chi connectivity index (χ0n) is 13.0. The van der Waals surface area contributed by atoms with Crippen LogP contribution in [0.1, 0.15) is 20.7 Å². The summed E-state index contributed by atoms with van der Waals surface area (Å²) >= 11 is 6.66. The number of Topliss-reactive ketones (excluding diaryl/α,β-unsaturated/α-hetero) is 1. The fourth-order valence-corrected chi connectivity index (χ4v) is 2.96. The van der Waals surface area contributed by atoms with Crippen LogP contribution < -0.4 is 9.47 Å². The van der Waals surface area contributed by atoms with Crippen LogP contribution in [-0.2, 0) is 4.74 Å². The molecule has 2 rings (SSSR count). The molecule has 0 bridgehead atoms. The van der Waals surface area contributed by atoms with Crippen LogP contribution in [0.25, 0.3) is 0 Å². The highest BCUT2D eigenvalue weighted by Crippen LogP contribution is 2.28. The molecule has 0 atom stereocenters. The Labute approximate surface area is 156 Å². The average Bonchev–Trinajstić information content (AvgIpc) is 2.59. The number of carbonyl (C=O) groups is 2. The van der Waals surface area contributed by atoms with Crippen LogP contribution in [0.4, 0.5) is 0 Å². The molecule has 0 saturated carbocycles. The second-order valence-corrected chi connectivity index (χ2v) is 6.41. The van der Waals surface area contributed by atoms with Crippen molar-refractivity contribution in [2.45, 2.75) is 0 Å². The Kier molecular flexibility index (Phi) is 6.39. The highest BCUT2D eigenvalue weighted by molar-refractivity contribution is 9.10. The van der Waals surface area contributed by atoms with E-state index in [-0.39, 0.29) is 12.4 Å². The third kappa shape index (κ3) is 4.36. The molecule has 0 aliphatic rings. The Morgan fingerprint density at radius 2 is 1.50 bits per heavy atom. The molecule has 2 aromatic carbocycles. The minimum absolute atomic E-state index is 0.130. The number of rotatable bonds is 6. The standard InChI is InChI=1S/C17H14Br2O5/c1-22-15-5-3-10(7-12(15)18)14(20)9-24-16-6-4-11(8-13(16)19)17(21)23-2/h3-8H,9H2,1-2H3. The maximum Gasteiger partial charge on any atom is 0.337 e. The van der Waals surface area contributed by atoms with Gasteiger partial charge in [-0.05, 0) is 68.3 Å². The highest BCUT2D eigenvalue weighted by Gasteiger charge is 2.13. The van der Waals surface area contributed by atoms with Gasteiger partial charge in [-0.2, -0.15) is 0 Å². The molecule has 0 heterocycles. The summed E-state index contributed by atoms with van der Waals surface area (Å²) in [6.45, 7) is -0.130. The number of ether oxygens (including phenoxy) is 3. The number of benzene rings is 2. The van der Waals surface area contributed by atoms with Gasteiger partial charge < -0.3 is 14.2 Å². The van der Waals surface area contributed by atoms with E-state index in [0.717, 1.165) is 0 Å². The van der Waals surface area contributed by atoms with E-state index >= 15 is 0 Å². The molecule has 0 unspecified atom stereocenters. The zero-order valence-corrected chi connectivity index (χ0v) is 16.1. The molecule has 24 heavy (non-hydrogen) atoms.